The maximum atomic E-state index is 12.1. The predicted octanol–water partition coefficient (Wildman–Crippen LogP) is 1.54. The van der Waals surface area contributed by atoms with Gasteiger partial charge in [0.1, 0.15) is 5.82 Å². The van der Waals surface area contributed by atoms with Gasteiger partial charge < -0.3 is 4.98 Å². The number of aryl methyl sites for hydroxylation is 1. The summed E-state index contributed by atoms with van der Waals surface area (Å²) >= 11 is 4.76. The van der Waals surface area contributed by atoms with Crippen molar-refractivity contribution >= 4 is 28.1 Å². The van der Waals surface area contributed by atoms with Gasteiger partial charge in [-0.1, -0.05) is 17.7 Å². The highest BCUT2D eigenvalue weighted by molar-refractivity contribution is 7.92. The minimum absolute atomic E-state index is 0.0225. The first-order valence-corrected chi connectivity index (χ1v) is 7.19. The van der Waals surface area contributed by atoms with E-state index in [4.69, 9.17) is 12.2 Å². The molecule has 1 heterocycles. The third-order valence-corrected chi connectivity index (χ3v) is 3.92. The third kappa shape index (κ3) is 3.30. The minimum atomic E-state index is -3.74. The summed E-state index contributed by atoms with van der Waals surface area (Å²) in [5.41, 5.74) is 0.472. The smallest absolute Gasteiger partial charge is 0.262 e. The third-order valence-electron chi connectivity index (χ3n) is 2.34. The van der Waals surface area contributed by atoms with E-state index in [0.29, 0.717) is 0 Å². The summed E-state index contributed by atoms with van der Waals surface area (Å²) in [6.45, 7) is 1.86. The van der Waals surface area contributed by atoms with Crippen LogP contribution in [-0.4, -0.2) is 18.4 Å². The van der Waals surface area contributed by atoms with E-state index < -0.39 is 15.6 Å². The zero-order chi connectivity index (χ0) is 14.0. The number of rotatable bonds is 3. The Morgan fingerprint density at radius 1 is 1.16 bits per heavy atom. The van der Waals surface area contributed by atoms with E-state index in [0.717, 1.165) is 11.6 Å². The van der Waals surface area contributed by atoms with Crippen LogP contribution in [0.25, 0.3) is 0 Å². The second-order valence-corrected chi connectivity index (χ2v) is 6.01. The van der Waals surface area contributed by atoms with Gasteiger partial charge in [-0.3, -0.25) is 14.5 Å². The van der Waals surface area contributed by atoms with Crippen LogP contribution in [0, 0.1) is 11.7 Å². The highest BCUT2D eigenvalue weighted by Crippen LogP contribution is 2.13. The van der Waals surface area contributed by atoms with Gasteiger partial charge in [0.05, 0.1) is 4.90 Å². The first-order valence-electron chi connectivity index (χ1n) is 5.30. The Hall–Kier alpha value is -1.93. The standard InChI is InChI=1S/C11H11N3O3S2/c1-7-2-4-8(5-3-7)19(16,17)14-9-6-10(15)13-11(18)12-9/h2-6H,1H3,(H3,12,13,14,15,18). The Morgan fingerprint density at radius 3 is 2.37 bits per heavy atom. The highest BCUT2D eigenvalue weighted by atomic mass is 32.2. The van der Waals surface area contributed by atoms with Gasteiger partial charge in [-0.05, 0) is 31.3 Å². The Bertz CT molecular complexity index is 776. The molecule has 0 atom stereocenters. The van der Waals surface area contributed by atoms with E-state index in [-0.39, 0.29) is 15.5 Å². The number of hydrogen-bond acceptors (Lipinski definition) is 4. The Kier molecular flexibility index (Phi) is 3.54. The quantitative estimate of drug-likeness (QED) is 0.749. The average Bonchev–Trinajstić information content (AvgIpc) is 2.27. The van der Waals surface area contributed by atoms with Gasteiger partial charge in [0.15, 0.2) is 4.77 Å². The van der Waals surface area contributed by atoms with Crippen LogP contribution in [0.15, 0.2) is 40.0 Å². The molecule has 0 saturated carbocycles. The number of anilines is 1. The molecule has 0 unspecified atom stereocenters. The molecule has 0 fully saturated rings. The summed E-state index contributed by atoms with van der Waals surface area (Å²) < 4.78 is 26.4. The van der Waals surface area contributed by atoms with E-state index in [1.54, 1.807) is 12.1 Å². The molecule has 19 heavy (non-hydrogen) atoms. The van der Waals surface area contributed by atoms with E-state index >= 15 is 0 Å². The molecule has 2 rings (SSSR count). The van der Waals surface area contributed by atoms with Crippen molar-refractivity contribution in [3.63, 3.8) is 0 Å². The van der Waals surface area contributed by atoms with Gasteiger partial charge in [-0.2, -0.15) is 0 Å². The van der Waals surface area contributed by atoms with Crippen LogP contribution >= 0.6 is 12.2 Å². The SMILES string of the molecule is Cc1ccc(S(=O)(=O)Nc2cc(=O)[nH]c(=S)[nH]2)cc1. The van der Waals surface area contributed by atoms with Crippen LogP contribution in [0.1, 0.15) is 5.56 Å². The zero-order valence-electron chi connectivity index (χ0n) is 9.93. The Morgan fingerprint density at radius 2 is 1.79 bits per heavy atom. The van der Waals surface area contributed by atoms with E-state index in [1.807, 2.05) is 6.92 Å². The van der Waals surface area contributed by atoms with Crippen LogP contribution in [0.4, 0.5) is 5.82 Å². The molecule has 1 aromatic carbocycles. The number of H-pyrrole nitrogens is 2. The Balaban J connectivity index is 2.38. The van der Waals surface area contributed by atoms with Gasteiger partial charge in [0, 0.05) is 6.07 Å². The lowest BCUT2D eigenvalue weighted by Gasteiger charge is -2.07. The first kappa shape index (κ1) is 13.5. The van der Waals surface area contributed by atoms with Crippen LogP contribution in [0.2, 0.25) is 0 Å². The molecule has 0 aliphatic carbocycles. The zero-order valence-corrected chi connectivity index (χ0v) is 11.6. The molecule has 0 saturated heterocycles. The van der Waals surface area contributed by atoms with Crippen LogP contribution in [-0.2, 0) is 10.0 Å². The van der Waals surface area contributed by atoms with E-state index in [9.17, 15) is 13.2 Å². The van der Waals surface area contributed by atoms with Crippen molar-refractivity contribution in [2.75, 3.05) is 4.72 Å². The van der Waals surface area contributed by atoms with Crippen LogP contribution in [0.3, 0.4) is 0 Å². The largest absolute Gasteiger partial charge is 0.318 e. The molecule has 0 spiro atoms. The first-order chi connectivity index (χ1) is 8.87. The number of aromatic nitrogens is 2. The average molecular weight is 297 g/mol. The van der Waals surface area contributed by atoms with E-state index in [2.05, 4.69) is 14.7 Å². The molecule has 0 radical (unpaired) electrons. The lowest BCUT2D eigenvalue weighted by atomic mass is 10.2. The number of sulfonamides is 1. The van der Waals surface area contributed by atoms with Crippen molar-refractivity contribution in [3.05, 3.63) is 51.0 Å². The summed E-state index contributed by atoms with van der Waals surface area (Å²) in [4.78, 5) is 16.2. The summed E-state index contributed by atoms with van der Waals surface area (Å²) in [5, 5.41) is 0. The minimum Gasteiger partial charge on any atom is -0.318 e. The van der Waals surface area contributed by atoms with Crippen molar-refractivity contribution < 1.29 is 8.42 Å². The highest BCUT2D eigenvalue weighted by Gasteiger charge is 2.14. The lowest BCUT2D eigenvalue weighted by Crippen LogP contribution is -2.17. The number of aromatic amines is 2. The summed E-state index contributed by atoms with van der Waals surface area (Å²) in [6, 6.07) is 7.43. The van der Waals surface area contributed by atoms with Crippen molar-refractivity contribution in [2.45, 2.75) is 11.8 Å². The Labute approximate surface area is 114 Å². The fourth-order valence-corrected chi connectivity index (χ4v) is 2.67. The number of benzene rings is 1. The molecule has 0 bridgehead atoms. The van der Waals surface area contributed by atoms with Crippen LogP contribution in [0.5, 0.6) is 0 Å². The molecule has 100 valence electrons. The maximum Gasteiger partial charge on any atom is 0.262 e. The second kappa shape index (κ2) is 4.98. The number of nitrogens with one attached hydrogen (secondary N) is 3. The van der Waals surface area contributed by atoms with Crippen LogP contribution < -0.4 is 10.3 Å². The molecule has 0 aliphatic heterocycles. The molecule has 8 heteroatoms. The monoisotopic (exact) mass is 297 g/mol. The topological polar surface area (TPSA) is 94.8 Å². The molecule has 0 amide bonds. The molecular weight excluding hydrogens is 286 g/mol. The van der Waals surface area contributed by atoms with Gasteiger partial charge in [0.2, 0.25) is 0 Å². The van der Waals surface area contributed by atoms with E-state index in [1.165, 1.54) is 12.1 Å². The predicted molar refractivity (Wildman–Crippen MR) is 74.2 cm³/mol. The summed E-state index contributed by atoms with van der Waals surface area (Å²) in [7, 11) is -3.74. The fourth-order valence-electron chi connectivity index (χ4n) is 1.44. The maximum absolute atomic E-state index is 12.1. The second-order valence-electron chi connectivity index (χ2n) is 3.92. The van der Waals surface area contributed by atoms with Crippen molar-refractivity contribution in [1.82, 2.24) is 9.97 Å². The summed E-state index contributed by atoms with van der Waals surface area (Å²) in [6.07, 6.45) is 0. The fraction of sp³-hybridized carbons (Fsp3) is 0.0909. The normalized spacial score (nSPS) is 11.2. The molecule has 0 aliphatic rings. The molecule has 1 aromatic heterocycles. The van der Waals surface area contributed by atoms with Crippen molar-refractivity contribution in [2.24, 2.45) is 0 Å². The van der Waals surface area contributed by atoms with Gasteiger partial charge in [0.25, 0.3) is 15.6 Å². The van der Waals surface area contributed by atoms with Gasteiger partial charge in [-0.15, -0.1) is 0 Å². The molecule has 2 aromatic rings. The van der Waals surface area contributed by atoms with Crippen molar-refractivity contribution in [1.29, 1.82) is 0 Å². The molecule has 6 nitrogen and oxygen atoms in total. The van der Waals surface area contributed by atoms with Gasteiger partial charge in [-0.25, -0.2) is 8.42 Å². The molecule has 3 N–H and O–H groups in total. The van der Waals surface area contributed by atoms with Crippen molar-refractivity contribution in [3.8, 4) is 0 Å². The molecular formula is C11H11N3O3S2. The lowest BCUT2D eigenvalue weighted by molar-refractivity contribution is 0.601. The summed E-state index contributed by atoms with van der Waals surface area (Å²) in [5.74, 6) is 0.0225. The number of hydrogen-bond donors (Lipinski definition) is 3. The van der Waals surface area contributed by atoms with Gasteiger partial charge >= 0.3 is 0 Å².